The molecule has 0 heterocycles. The summed E-state index contributed by atoms with van der Waals surface area (Å²) >= 11 is 0. The first kappa shape index (κ1) is 14.0. The molecule has 1 amide bonds. The quantitative estimate of drug-likeness (QED) is 0.665. The Bertz CT molecular complexity index is 276. The van der Waals surface area contributed by atoms with Crippen molar-refractivity contribution in [3.63, 3.8) is 0 Å². The number of rotatable bonds is 5. The molecule has 1 saturated carbocycles. The lowest BCUT2D eigenvalue weighted by atomic mass is 9.78. The van der Waals surface area contributed by atoms with Gasteiger partial charge in [-0.25, -0.2) is 0 Å². The van der Waals surface area contributed by atoms with E-state index in [-0.39, 0.29) is 18.6 Å². The van der Waals surface area contributed by atoms with Gasteiger partial charge in [0.1, 0.15) is 0 Å². The van der Waals surface area contributed by atoms with Crippen molar-refractivity contribution in [3.05, 3.63) is 0 Å². The van der Waals surface area contributed by atoms with E-state index in [0.717, 1.165) is 12.8 Å². The molecule has 1 aliphatic carbocycles. The molecule has 5 heteroatoms. The predicted octanol–water partition coefficient (Wildman–Crippen LogP) is 0.764. The van der Waals surface area contributed by atoms with Crippen molar-refractivity contribution in [3.8, 4) is 0 Å². The molecule has 1 aliphatic rings. The number of carbonyl (C=O) groups is 2. The molecule has 2 unspecified atom stereocenters. The lowest BCUT2D eigenvalue weighted by Gasteiger charge is -2.28. The molecule has 0 aromatic carbocycles. The van der Waals surface area contributed by atoms with Crippen molar-refractivity contribution in [1.82, 2.24) is 5.32 Å². The number of amides is 1. The molecule has 17 heavy (non-hydrogen) atoms. The van der Waals surface area contributed by atoms with Crippen molar-refractivity contribution in [1.29, 1.82) is 0 Å². The van der Waals surface area contributed by atoms with E-state index in [1.165, 1.54) is 0 Å². The van der Waals surface area contributed by atoms with Gasteiger partial charge in [0.15, 0.2) is 0 Å². The van der Waals surface area contributed by atoms with Crippen LogP contribution in [-0.4, -0.2) is 34.7 Å². The molecule has 0 saturated heterocycles. The van der Waals surface area contributed by atoms with Gasteiger partial charge in [-0.1, -0.05) is 19.8 Å². The number of hydrogen-bond donors (Lipinski definition) is 3. The fourth-order valence-electron chi connectivity index (χ4n) is 2.33. The minimum Gasteiger partial charge on any atom is -0.481 e. The molecule has 0 radical (unpaired) electrons. The zero-order valence-corrected chi connectivity index (χ0v) is 10.2. The van der Waals surface area contributed by atoms with Crippen LogP contribution >= 0.6 is 0 Å². The maximum atomic E-state index is 12.0. The normalized spacial score (nSPS) is 26.2. The average molecular weight is 243 g/mol. The van der Waals surface area contributed by atoms with Crippen LogP contribution in [0.5, 0.6) is 0 Å². The van der Waals surface area contributed by atoms with Crippen LogP contribution in [0, 0.1) is 11.8 Å². The number of nitrogens with one attached hydrogen (secondary N) is 1. The third-order valence-electron chi connectivity index (χ3n) is 3.48. The number of carbonyl (C=O) groups excluding carboxylic acids is 1. The maximum absolute atomic E-state index is 12.0. The number of carboxylic acids is 1. The molecule has 3 N–H and O–H groups in total. The first-order valence-corrected chi connectivity index (χ1v) is 6.24. The second kappa shape index (κ2) is 6.59. The Morgan fingerprint density at radius 2 is 1.88 bits per heavy atom. The lowest BCUT2D eigenvalue weighted by Crippen LogP contribution is -2.45. The van der Waals surface area contributed by atoms with Gasteiger partial charge in [-0.15, -0.1) is 0 Å². The summed E-state index contributed by atoms with van der Waals surface area (Å²) in [6, 6.07) is -0.265. The highest BCUT2D eigenvalue weighted by molar-refractivity contribution is 5.85. The summed E-state index contributed by atoms with van der Waals surface area (Å²) in [5.74, 6) is -2.12. The third-order valence-corrected chi connectivity index (χ3v) is 3.48. The summed E-state index contributed by atoms with van der Waals surface area (Å²) in [6.07, 6.45) is 3.62. The molecule has 0 spiro atoms. The van der Waals surface area contributed by atoms with E-state index in [1.54, 1.807) is 0 Å². The van der Waals surface area contributed by atoms with Gasteiger partial charge in [0, 0.05) is 0 Å². The molecule has 1 rings (SSSR count). The molecule has 98 valence electrons. The summed E-state index contributed by atoms with van der Waals surface area (Å²) in [6.45, 7) is 1.77. The summed E-state index contributed by atoms with van der Waals surface area (Å²) in [4.78, 5) is 23.0. The van der Waals surface area contributed by atoms with Crippen LogP contribution in [0.1, 0.15) is 39.0 Å². The van der Waals surface area contributed by atoms with Crippen LogP contribution in [0.2, 0.25) is 0 Å². The zero-order chi connectivity index (χ0) is 12.8. The van der Waals surface area contributed by atoms with Gasteiger partial charge < -0.3 is 15.5 Å². The van der Waals surface area contributed by atoms with E-state index in [1.807, 2.05) is 6.92 Å². The number of hydrogen-bond acceptors (Lipinski definition) is 3. The topological polar surface area (TPSA) is 86.6 Å². The van der Waals surface area contributed by atoms with Crippen LogP contribution in [0.3, 0.4) is 0 Å². The molecular weight excluding hydrogens is 222 g/mol. The highest BCUT2D eigenvalue weighted by atomic mass is 16.4. The largest absolute Gasteiger partial charge is 0.481 e. The van der Waals surface area contributed by atoms with Gasteiger partial charge in [0.2, 0.25) is 5.91 Å². The van der Waals surface area contributed by atoms with Crippen LogP contribution in [0.15, 0.2) is 0 Å². The minimum atomic E-state index is -0.887. The molecule has 0 aliphatic heterocycles. The molecule has 5 nitrogen and oxygen atoms in total. The van der Waals surface area contributed by atoms with Crippen molar-refractivity contribution in [2.75, 3.05) is 6.61 Å². The third kappa shape index (κ3) is 3.70. The Hall–Kier alpha value is -1.10. The summed E-state index contributed by atoms with van der Waals surface area (Å²) < 4.78 is 0. The van der Waals surface area contributed by atoms with Gasteiger partial charge >= 0.3 is 5.97 Å². The Morgan fingerprint density at radius 1 is 1.29 bits per heavy atom. The highest BCUT2D eigenvalue weighted by Crippen LogP contribution is 2.30. The molecule has 1 fully saturated rings. The minimum absolute atomic E-state index is 0.104. The summed E-state index contributed by atoms with van der Waals surface area (Å²) in [7, 11) is 0. The van der Waals surface area contributed by atoms with Crippen molar-refractivity contribution in [2.24, 2.45) is 11.8 Å². The Kier molecular flexibility index (Phi) is 5.41. The second-order valence-corrected chi connectivity index (χ2v) is 4.63. The average Bonchev–Trinajstić information content (AvgIpc) is 2.35. The fraction of sp³-hybridized carbons (Fsp3) is 0.833. The Balaban J connectivity index is 2.61. The van der Waals surface area contributed by atoms with E-state index >= 15 is 0 Å². The predicted molar refractivity (Wildman–Crippen MR) is 62.4 cm³/mol. The zero-order valence-electron chi connectivity index (χ0n) is 10.2. The fourth-order valence-corrected chi connectivity index (χ4v) is 2.33. The van der Waals surface area contributed by atoms with Gasteiger partial charge in [0.05, 0.1) is 24.5 Å². The van der Waals surface area contributed by atoms with Gasteiger partial charge in [0.25, 0.3) is 0 Å². The van der Waals surface area contributed by atoms with Crippen LogP contribution < -0.4 is 5.32 Å². The Labute approximate surface area is 101 Å². The number of aliphatic carboxylic acids is 1. The van der Waals surface area contributed by atoms with E-state index in [4.69, 9.17) is 10.2 Å². The van der Waals surface area contributed by atoms with Crippen molar-refractivity contribution in [2.45, 2.75) is 45.1 Å². The molecule has 3 atom stereocenters. The monoisotopic (exact) mass is 243 g/mol. The van der Waals surface area contributed by atoms with E-state index in [0.29, 0.717) is 19.3 Å². The standard InChI is InChI=1S/C12H21NO4/c1-2-8(7-14)13-11(15)9-5-3-4-6-10(9)12(16)17/h8-10,14H,2-7H2,1H3,(H,13,15)(H,16,17)/t8-,9?,10?/m0/s1. The van der Waals surface area contributed by atoms with Crippen molar-refractivity contribution < 1.29 is 19.8 Å². The van der Waals surface area contributed by atoms with Crippen molar-refractivity contribution >= 4 is 11.9 Å². The summed E-state index contributed by atoms with van der Waals surface area (Å²) in [5, 5.41) is 20.8. The van der Waals surface area contributed by atoms with E-state index < -0.39 is 17.8 Å². The first-order chi connectivity index (χ1) is 8.10. The Morgan fingerprint density at radius 3 is 2.35 bits per heavy atom. The van der Waals surface area contributed by atoms with Gasteiger partial charge in [-0.3, -0.25) is 9.59 Å². The van der Waals surface area contributed by atoms with E-state index in [2.05, 4.69) is 5.32 Å². The van der Waals surface area contributed by atoms with Crippen LogP contribution in [0.25, 0.3) is 0 Å². The number of carboxylic acid groups (broad SMARTS) is 1. The van der Waals surface area contributed by atoms with Gasteiger partial charge in [-0.05, 0) is 19.3 Å². The number of aliphatic hydroxyl groups excluding tert-OH is 1. The van der Waals surface area contributed by atoms with Gasteiger partial charge in [-0.2, -0.15) is 0 Å². The SMILES string of the molecule is CC[C@@H](CO)NC(=O)C1CCCCC1C(=O)O. The summed E-state index contributed by atoms with van der Waals surface area (Å²) in [5.41, 5.74) is 0. The highest BCUT2D eigenvalue weighted by Gasteiger charge is 2.36. The lowest BCUT2D eigenvalue weighted by molar-refractivity contribution is -0.149. The van der Waals surface area contributed by atoms with Crippen LogP contribution in [0.4, 0.5) is 0 Å². The molecule has 0 aromatic heterocycles. The molecule has 0 aromatic rings. The molecule has 0 bridgehead atoms. The molecular formula is C12H21NO4. The second-order valence-electron chi connectivity index (χ2n) is 4.63. The maximum Gasteiger partial charge on any atom is 0.307 e. The van der Waals surface area contributed by atoms with E-state index in [9.17, 15) is 9.59 Å². The smallest absolute Gasteiger partial charge is 0.307 e. The number of aliphatic hydroxyl groups is 1. The first-order valence-electron chi connectivity index (χ1n) is 6.24. The van der Waals surface area contributed by atoms with Crippen LogP contribution in [-0.2, 0) is 9.59 Å².